The van der Waals surface area contributed by atoms with Gasteiger partial charge in [-0.2, -0.15) is 0 Å². The number of ether oxygens (including phenoxy) is 1. The van der Waals surface area contributed by atoms with Gasteiger partial charge in [0.1, 0.15) is 6.04 Å². The van der Waals surface area contributed by atoms with E-state index in [1.165, 1.54) is 50.5 Å². The molecule has 6 nitrogen and oxygen atoms in total. The lowest BCUT2D eigenvalue weighted by Crippen LogP contribution is -2.55. The molecule has 2 fully saturated rings. The van der Waals surface area contributed by atoms with Crippen LogP contribution in [0.1, 0.15) is 51.4 Å². The highest BCUT2D eigenvalue weighted by Gasteiger charge is 2.39. The fourth-order valence-corrected chi connectivity index (χ4v) is 5.00. The first kappa shape index (κ1) is 18.2. The van der Waals surface area contributed by atoms with Gasteiger partial charge in [-0.15, -0.1) is 0 Å². The van der Waals surface area contributed by atoms with E-state index in [0.29, 0.717) is 12.3 Å². The normalized spacial score (nSPS) is 25.6. The zero-order valence-electron chi connectivity index (χ0n) is 13.8. The number of methoxy groups -OCH3 is 1. The summed E-state index contributed by atoms with van der Waals surface area (Å²) in [5.41, 5.74) is 0. The molecule has 1 aliphatic heterocycles. The van der Waals surface area contributed by atoms with E-state index < -0.39 is 21.8 Å². The van der Waals surface area contributed by atoms with Crippen LogP contribution in [0.25, 0.3) is 0 Å². The first-order valence-electron chi connectivity index (χ1n) is 8.50. The van der Waals surface area contributed by atoms with E-state index in [-0.39, 0.29) is 24.0 Å². The van der Waals surface area contributed by atoms with Crippen molar-refractivity contribution in [3.05, 3.63) is 0 Å². The van der Waals surface area contributed by atoms with E-state index >= 15 is 0 Å². The summed E-state index contributed by atoms with van der Waals surface area (Å²) >= 11 is 0. The largest absolute Gasteiger partial charge is 0.467 e. The van der Waals surface area contributed by atoms with Crippen LogP contribution in [0.3, 0.4) is 0 Å². The molecular weight excluding hydrogens is 318 g/mol. The highest BCUT2D eigenvalue weighted by molar-refractivity contribution is 7.91. The highest BCUT2D eigenvalue weighted by atomic mass is 32.2. The number of hydrogen-bond acceptors (Lipinski definition) is 5. The van der Waals surface area contributed by atoms with Gasteiger partial charge in [-0.1, -0.05) is 38.5 Å². The van der Waals surface area contributed by atoms with Crippen LogP contribution in [-0.4, -0.2) is 56.4 Å². The van der Waals surface area contributed by atoms with E-state index in [9.17, 15) is 18.0 Å². The summed E-state index contributed by atoms with van der Waals surface area (Å²) < 4.78 is 28.2. The maximum Gasteiger partial charge on any atom is 0.329 e. The molecule has 7 heteroatoms. The molecular formula is C16H27NO5S. The maximum absolute atomic E-state index is 12.5. The molecule has 0 radical (unpaired) electrons. The molecule has 2 aliphatic rings. The molecule has 132 valence electrons. The number of esters is 1. The molecule has 1 heterocycles. The van der Waals surface area contributed by atoms with Crippen LogP contribution >= 0.6 is 0 Å². The third kappa shape index (κ3) is 5.19. The predicted molar refractivity (Wildman–Crippen MR) is 86.6 cm³/mol. The van der Waals surface area contributed by atoms with Gasteiger partial charge in [0.15, 0.2) is 9.84 Å². The lowest BCUT2D eigenvalue weighted by molar-refractivity contribution is -0.152. The number of amides is 1. The van der Waals surface area contributed by atoms with Crippen LogP contribution in [0, 0.1) is 5.92 Å². The summed E-state index contributed by atoms with van der Waals surface area (Å²) in [7, 11) is -2.07. The zero-order valence-corrected chi connectivity index (χ0v) is 14.6. The number of nitrogens with zero attached hydrogens (tertiary/aromatic N) is 1. The molecule has 2 rings (SSSR count). The Morgan fingerprint density at radius 3 is 2.39 bits per heavy atom. The Kier molecular flexibility index (Phi) is 6.44. The molecule has 1 saturated heterocycles. The van der Waals surface area contributed by atoms with Gasteiger partial charge in [-0.3, -0.25) is 4.79 Å². The van der Waals surface area contributed by atoms with Crippen molar-refractivity contribution in [3.63, 3.8) is 0 Å². The van der Waals surface area contributed by atoms with Gasteiger partial charge in [-0.05, 0) is 12.3 Å². The third-order valence-corrected chi connectivity index (χ3v) is 6.59. The summed E-state index contributed by atoms with van der Waals surface area (Å²) in [4.78, 5) is 25.7. The molecule has 0 N–H and O–H groups in total. The maximum atomic E-state index is 12.5. The lowest BCUT2D eigenvalue weighted by atomic mass is 9.94. The van der Waals surface area contributed by atoms with E-state index in [1.807, 2.05) is 0 Å². The summed E-state index contributed by atoms with van der Waals surface area (Å²) in [6.45, 7) is 0.0889. The number of sulfone groups is 1. The Morgan fingerprint density at radius 2 is 1.78 bits per heavy atom. The van der Waals surface area contributed by atoms with Gasteiger partial charge in [0, 0.05) is 13.0 Å². The second-order valence-electron chi connectivity index (χ2n) is 6.64. The second kappa shape index (κ2) is 8.13. The van der Waals surface area contributed by atoms with Gasteiger partial charge in [0.05, 0.1) is 18.6 Å². The van der Waals surface area contributed by atoms with Crippen molar-refractivity contribution in [3.8, 4) is 0 Å². The van der Waals surface area contributed by atoms with Crippen LogP contribution < -0.4 is 0 Å². The van der Waals surface area contributed by atoms with Crippen LogP contribution in [0.5, 0.6) is 0 Å². The average Bonchev–Trinajstić information content (AvgIpc) is 2.79. The average molecular weight is 345 g/mol. The molecule has 1 unspecified atom stereocenters. The smallest absolute Gasteiger partial charge is 0.329 e. The molecule has 23 heavy (non-hydrogen) atoms. The van der Waals surface area contributed by atoms with Crippen molar-refractivity contribution in [1.82, 2.24) is 4.90 Å². The van der Waals surface area contributed by atoms with Crippen molar-refractivity contribution in [2.45, 2.75) is 57.4 Å². The van der Waals surface area contributed by atoms with Gasteiger partial charge in [0.25, 0.3) is 0 Å². The summed E-state index contributed by atoms with van der Waals surface area (Å²) in [5.74, 6) is -0.591. The summed E-state index contributed by atoms with van der Waals surface area (Å²) in [5, 5.41) is 0. The van der Waals surface area contributed by atoms with Crippen molar-refractivity contribution >= 4 is 21.7 Å². The van der Waals surface area contributed by atoms with Crippen molar-refractivity contribution in [2.24, 2.45) is 5.92 Å². The Bertz CT molecular complexity index is 523. The summed E-state index contributed by atoms with van der Waals surface area (Å²) in [6.07, 6.45) is 8.56. The number of rotatable bonds is 4. The lowest BCUT2D eigenvalue weighted by Gasteiger charge is -2.33. The Labute approximate surface area is 138 Å². The monoisotopic (exact) mass is 345 g/mol. The SMILES string of the molecule is COC(=O)C1CS(=O)(=O)CCN1C(=O)CCC1CCCCCC1. The van der Waals surface area contributed by atoms with Crippen LogP contribution in [-0.2, 0) is 24.2 Å². The van der Waals surface area contributed by atoms with Crippen LogP contribution in [0.15, 0.2) is 0 Å². The third-order valence-electron chi connectivity index (χ3n) is 4.97. The van der Waals surface area contributed by atoms with Gasteiger partial charge >= 0.3 is 5.97 Å². The molecule has 1 saturated carbocycles. The predicted octanol–water partition coefficient (Wildman–Crippen LogP) is 1.54. The van der Waals surface area contributed by atoms with Crippen molar-refractivity contribution < 1.29 is 22.7 Å². The van der Waals surface area contributed by atoms with Gasteiger partial charge < -0.3 is 9.64 Å². The van der Waals surface area contributed by atoms with Crippen molar-refractivity contribution in [1.29, 1.82) is 0 Å². The topological polar surface area (TPSA) is 80.8 Å². The number of carbonyl (C=O) groups excluding carboxylic acids is 2. The standard InChI is InChI=1S/C16H27NO5S/c1-22-16(19)14-12-23(20,21)11-10-17(14)15(18)9-8-13-6-4-2-3-5-7-13/h13-14H,2-12H2,1H3. The number of carbonyl (C=O) groups is 2. The Balaban J connectivity index is 1.94. The fourth-order valence-electron chi connectivity index (χ4n) is 3.56. The van der Waals surface area contributed by atoms with E-state index in [0.717, 1.165) is 6.42 Å². The highest BCUT2D eigenvalue weighted by Crippen LogP contribution is 2.27. The molecule has 0 bridgehead atoms. The summed E-state index contributed by atoms with van der Waals surface area (Å²) in [6, 6.07) is -0.986. The van der Waals surface area contributed by atoms with Crippen LogP contribution in [0.4, 0.5) is 0 Å². The number of hydrogen-bond donors (Lipinski definition) is 0. The van der Waals surface area contributed by atoms with Crippen LogP contribution in [0.2, 0.25) is 0 Å². The minimum atomic E-state index is -3.29. The molecule has 0 aromatic heterocycles. The molecule has 0 aromatic rings. The fraction of sp³-hybridized carbons (Fsp3) is 0.875. The quantitative estimate of drug-likeness (QED) is 0.570. The van der Waals surface area contributed by atoms with E-state index in [4.69, 9.17) is 0 Å². The zero-order chi connectivity index (χ0) is 16.9. The Morgan fingerprint density at radius 1 is 1.13 bits per heavy atom. The van der Waals surface area contributed by atoms with E-state index in [1.54, 1.807) is 0 Å². The second-order valence-corrected chi connectivity index (χ2v) is 8.87. The first-order chi connectivity index (χ1) is 10.9. The molecule has 1 amide bonds. The molecule has 0 aromatic carbocycles. The molecule has 1 aliphatic carbocycles. The van der Waals surface area contributed by atoms with E-state index in [2.05, 4.69) is 4.74 Å². The Hall–Kier alpha value is -1.11. The van der Waals surface area contributed by atoms with Crippen molar-refractivity contribution in [2.75, 3.05) is 25.2 Å². The molecule has 1 atom stereocenters. The van der Waals surface area contributed by atoms with Gasteiger partial charge in [0.2, 0.25) is 5.91 Å². The molecule has 0 spiro atoms. The van der Waals surface area contributed by atoms with Gasteiger partial charge in [-0.25, -0.2) is 13.2 Å². The minimum absolute atomic E-state index is 0.0737. The first-order valence-corrected chi connectivity index (χ1v) is 10.3. The minimum Gasteiger partial charge on any atom is -0.467 e.